The van der Waals surface area contributed by atoms with E-state index in [0.717, 1.165) is 27.2 Å². The summed E-state index contributed by atoms with van der Waals surface area (Å²) < 4.78 is 27.6. The van der Waals surface area contributed by atoms with Gasteiger partial charge in [0, 0.05) is 15.4 Å². The van der Waals surface area contributed by atoms with Crippen LogP contribution in [0.5, 0.6) is 0 Å². The lowest BCUT2D eigenvalue weighted by molar-refractivity contribution is 0.551. The topological polar surface area (TPSA) is 50.9 Å². The largest absolute Gasteiger partial charge is 0.306 e. The lowest BCUT2D eigenvalue weighted by Gasteiger charge is -2.06. The number of aromatic nitrogens is 1. The molecule has 0 saturated carbocycles. The van der Waals surface area contributed by atoms with Gasteiger partial charge in [0.15, 0.2) is 17.5 Å². The van der Waals surface area contributed by atoms with E-state index in [9.17, 15) is 8.78 Å². The average Bonchev–Trinajstić information content (AvgIpc) is 2.35. The molecular weight excluding hydrogens is 324 g/mol. The minimum atomic E-state index is -0.824. The highest BCUT2D eigenvalue weighted by atomic mass is 79.9. The quantitative estimate of drug-likeness (QED) is 0.667. The second kappa shape index (κ2) is 5.64. The van der Waals surface area contributed by atoms with Crippen LogP contribution in [0, 0.1) is 11.6 Å². The first-order valence-corrected chi connectivity index (χ1v) is 6.47. The van der Waals surface area contributed by atoms with E-state index in [1.54, 1.807) is 12.1 Å². The van der Waals surface area contributed by atoms with Gasteiger partial charge < -0.3 is 5.43 Å². The molecule has 2 rings (SSSR count). The summed E-state index contributed by atoms with van der Waals surface area (Å²) in [5.74, 6) is 3.36. The third kappa shape index (κ3) is 2.98. The highest BCUT2D eigenvalue weighted by Crippen LogP contribution is 2.30. The van der Waals surface area contributed by atoms with Crippen molar-refractivity contribution in [1.29, 1.82) is 0 Å². The van der Waals surface area contributed by atoms with Crippen molar-refractivity contribution in [2.75, 3.05) is 5.43 Å². The predicted molar refractivity (Wildman–Crippen MR) is 70.2 cm³/mol. The fourth-order valence-corrected chi connectivity index (χ4v) is 2.29. The lowest BCUT2D eigenvalue weighted by atomic mass is 10.4. The Bertz CT molecular complexity index is 563. The van der Waals surface area contributed by atoms with Gasteiger partial charge in [0.25, 0.3) is 0 Å². The summed E-state index contributed by atoms with van der Waals surface area (Å²) in [6.07, 6.45) is 0. The molecule has 0 atom stereocenters. The van der Waals surface area contributed by atoms with Crippen molar-refractivity contribution in [3.63, 3.8) is 0 Å². The Morgan fingerprint density at radius 3 is 2.44 bits per heavy atom. The SMILES string of the molecule is NNc1nc(Sc2ccc(Br)cc2)c(F)cc1F. The summed E-state index contributed by atoms with van der Waals surface area (Å²) in [6, 6.07) is 8.00. The zero-order chi connectivity index (χ0) is 13.1. The number of nitrogens with two attached hydrogens (primary N) is 1. The molecule has 0 aliphatic rings. The van der Waals surface area contributed by atoms with E-state index in [4.69, 9.17) is 5.84 Å². The van der Waals surface area contributed by atoms with Gasteiger partial charge in [-0.1, -0.05) is 27.7 Å². The van der Waals surface area contributed by atoms with Crippen LogP contribution in [0.25, 0.3) is 0 Å². The van der Waals surface area contributed by atoms with E-state index in [1.165, 1.54) is 0 Å². The number of anilines is 1. The number of hydrogen-bond acceptors (Lipinski definition) is 4. The molecule has 0 radical (unpaired) electrons. The molecule has 0 unspecified atom stereocenters. The minimum Gasteiger partial charge on any atom is -0.306 e. The summed E-state index contributed by atoms with van der Waals surface area (Å²) in [4.78, 5) is 4.56. The van der Waals surface area contributed by atoms with Gasteiger partial charge in [-0.25, -0.2) is 19.6 Å². The second-order valence-electron chi connectivity index (χ2n) is 3.31. The maximum Gasteiger partial charge on any atom is 0.177 e. The molecule has 0 aliphatic carbocycles. The number of halogens is 3. The van der Waals surface area contributed by atoms with Gasteiger partial charge in [0.05, 0.1) is 0 Å². The number of benzene rings is 1. The van der Waals surface area contributed by atoms with Crippen LogP contribution in [-0.4, -0.2) is 4.98 Å². The summed E-state index contributed by atoms with van der Waals surface area (Å²) in [7, 11) is 0. The standard InChI is InChI=1S/C11H8BrF2N3S/c12-6-1-3-7(4-2-6)18-11-9(14)5-8(13)10(16-11)17-15/h1-5H,15H2,(H,16,17). The van der Waals surface area contributed by atoms with Crippen LogP contribution in [0.15, 0.2) is 44.7 Å². The number of nitrogen functional groups attached to an aromatic ring is 1. The Morgan fingerprint density at radius 1 is 1.17 bits per heavy atom. The first kappa shape index (κ1) is 13.3. The smallest absolute Gasteiger partial charge is 0.177 e. The number of hydrogen-bond donors (Lipinski definition) is 2. The molecule has 0 aliphatic heterocycles. The minimum absolute atomic E-state index is 0.0617. The first-order chi connectivity index (χ1) is 8.60. The highest BCUT2D eigenvalue weighted by Gasteiger charge is 2.12. The number of rotatable bonds is 3. The van der Waals surface area contributed by atoms with Crippen molar-refractivity contribution >= 4 is 33.5 Å². The third-order valence-electron chi connectivity index (χ3n) is 2.06. The van der Waals surface area contributed by atoms with Crippen LogP contribution in [0.3, 0.4) is 0 Å². The normalized spacial score (nSPS) is 10.4. The van der Waals surface area contributed by atoms with Gasteiger partial charge in [0.1, 0.15) is 5.03 Å². The zero-order valence-electron chi connectivity index (χ0n) is 8.95. The molecule has 0 bridgehead atoms. The van der Waals surface area contributed by atoms with E-state index >= 15 is 0 Å². The molecule has 0 saturated heterocycles. The van der Waals surface area contributed by atoms with Gasteiger partial charge in [-0.15, -0.1) is 0 Å². The predicted octanol–water partition coefficient (Wildman–Crippen LogP) is 3.56. The zero-order valence-corrected chi connectivity index (χ0v) is 11.4. The molecule has 0 amide bonds. The molecule has 0 spiro atoms. The van der Waals surface area contributed by atoms with Crippen molar-refractivity contribution in [3.8, 4) is 0 Å². The van der Waals surface area contributed by atoms with E-state index in [1.807, 2.05) is 12.1 Å². The van der Waals surface area contributed by atoms with Crippen LogP contribution < -0.4 is 11.3 Å². The van der Waals surface area contributed by atoms with Gasteiger partial charge in [0.2, 0.25) is 0 Å². The van der Waals surface area contributed by atoms with E-state index in [2.05, 4.69) is 26.3 Å². The lowest BCUT2D eigenvalue weighted by Crippen LogP contribution is -2.11. The Hall–Kier alpha value is -1.18. The number of nitrogens with zero attached hydrogens (tertiary/aromatic N) is 1. The monoisotopic (exact) mass is 331 g/mol. The van der Waals surface area contributed by atoms with E-state index < -0.39 is 11.6 Å². The molecule has 2 aromatic rings. The van der Waals surface area contributed by atoms with Crippen LogP contribution in [0.4, 0.5) is 14.6 Å². The van der Waals surface area contributed by atoms with Crippen molar-refractivity contribution in [3.05, 3.63) is 46.4 Å². The Morgan fingerprint density at radius 2 is 1.83 bits per heavy atom. The molecule has 1 aromatic carbocycles. The van der Waals surface area contributed by atoms with Crippen molar-refractivity contribution in [1.82, 2.24) is 4.98 Å². The maximum absolute atomic E-state index is 13.5. The first-order valence-electron chi connectivity index (χ1n) is 4.86. The number of nitrogens with one attached hydrogen (secondary N) is 1. The fourth-order valence-electron chi connectivity index (χ4n) is 1.24. The summed E-state index contributed by atoms with van der Waals surface area (Å²) in [6.45, 7) is 0. The molecule has 18 heavy (non-hydrogen) atoms. The molecular formula is C11H8BrF2N3S. The van der Waals surface area contributed by atoms with E-state index in [0.29, 0.717) is 0 Å². The molecule has 3 N–H and O–H groups in total. The molecule has 0 fully saturated rings. The Kier molecular flexibility index (Phi) is 4.15. The summed E-state index contributed by atoms with van der Waals surface area (Å²) in [5.41, 5.74) is 2.08. The van der Waals surface area contributed by atoms with Crippen LogP contribution in [-0.2, 0) is 0 Å². The summed E-state index contributed by atoms with van der Waals surface area (Å²) >= 11 is 4.39. The van der Waals surface area contributed by atoms with Crippen LogP contribution >= 0.6 is 27.7 Å². The van der Waals surface area contributed by atoms with Crippen LogP contribution in [0.2, 0.25) is 0 Å². The maximum atomic E-state index is 13.5. The third-order valence-corrected chi connectivity index (χ3v) is 3.58. The molecule has 7 heteroatoms. The molecule has 3 nitrogen and oxygen atoms in total. The Labute approximate surface area is 115 Å². The van der Waals surface area contributed by atoms with Gasteiger partial charge >= 0.3 is 0 Å². The Balaban J connectivity index is 2.31. The summed E-state index contributed by atoms with van der Waals surface area (Å²) in [5, 5.41) is 0.0617. The van der Waals surface area contributed by atoms with Gasteiger partial charge in [-0.05, 0) is 24.3 Å². The molecule has 94 valence electrons. The second-order valence-corrected chi connectivity index (χ2v) is 5.28. The van der Waals surface area contributed by atoms with Crippen molar-refractivity contribution < 1.29 is 8.78 Å². The van der Waals surface area contributed by atoms with E-state index in [-0.39, 0.29) is 10.8 Å². The average molecular weight is 332 g/mol. The van der Waals surface area contributed by atoms with Crippen molar-refractivity contribution in [2.45, 2.75) is 9.92 Å². The van der Waals surface area contributed by atoms with Crippen molar-refractivity contribution in [2.24, 2.45) is 5.84 Å². The number of pyridine rings is 1. The fraction of sp³-hybridized carbons (Fsp3) is 0. The van der Waals surface area contributed by atoms with Gasteiger partial charge in [-0.3, -0.25) is 0 Å². The van der Waals surface area contributed by atoms with Gasteiger partial charge in [-0.2, -0.15) is 0 Å². The number of hydrazine groups is 1. The highest BCUT2D eigenvalue weighted by molar-refractivity contribution is 9.10. The van der Waals surface area contributed by atoms with Crippen LogP contribution in [0.1, 0.15) is 0 Å². The molecule has 1 aromatic heterocycles. The molecule has 1 heterocycles.